The Hall–Kier alpha value is -0.870. The van der Waals surface area contributed by atoms with Crippen LogP contribution in [0.15, 0.2) is 28.7 Å². The quantitative estimate of drug-likeness (QED) is 0.601. The number of carbonyl (C=O) groups is 1. The Labute approximate surface area is 90.1 Å². The molecule has 0 bridgehead atoms. The lowest BCUT2D eigenvalue weighted by Crippen LogP contribution is -2.09. The number of methoxy groups -OCH3 is 1. The SMILES string of the molecule is COC(=O)C1OC1c1ccc(Br)cc1. The first kappa shape index (κ1) is 9.68. The van der Waals surface area contributed by atoms with Gasteiger partial charge >= 0.3 is 5.97 Å². The first-order chi connectivity index (χ1) is 6.72. The molecule has 1 heterocycles. The Balaban J connectivity index is 2.06. The van der Waals surface area contributed by atoms with Gasteiger partial charge in [-0.05, 0) is 17.7 Å². The van der Waals surface area contributed by atoms with Crippen LogP contribution < -0.4 is 0 Å². The van der Waals surface area contributed by atoms with E-state index in [2.05, 4.69) is 20.7 Å². The standard InChI is InChI=1S/C10H9BrO3/c1-13-10(12)9-8(14-9)6-2-4-7(11)5-3-6/h2-5,8-9H,1H3. The average Bonchev–Trinajstić information content (AvgIpc) is 2.98. The minimum atomic E-state index is -0.416. The van der Waals surface area contributed by atoms with Crippen LogP contribution >= 0.6 is 15.9 Å². The maximum atomic E-state index is 11.1. The largest absolute Gasteiger partial charge is 0.467 e. The van der Waals surface area contributed by atoms with Crippen molar-refractivity contribution in [3.8, 4) is 0 Å². The van der Waals surface area contributed by atoms with Gasteiger partial charge in [-0.1, -0.05) is 28.1 Å². The number of benzene rings is 1. The molecular weight excluding hydrogens is 248 g/mol. The second-order valence-electron chi connectivity index (χ2n) is 3.05. The van der Waals surface area contributed by atoms with E-state index in [0.29, 0.717) is 0 Å². The van der Waals surface area contributed by atoms with E-state index in [-0.39, 0.29) is 12.1 Å². The van der Waals surface area contributed by atoms with Gasteiger partial charge in [-0.3, -0.25) is 0 Å². The van der Waals surface area contributed by atoms with Gasteiger partial charge in [0.05, 0.1) is 7.11 Å². The van der Waals surface area contributed by atoms with Crippen molar-refractivity contribution < 1.29 is 14.3 Å². The maximum Gasteiger partial charge on any atom is 0.338 e. The Kier molecular flexibility index (Phi) is 2.56. The van der Waals surface area contributed by atoms with Gasteiger partial charge in [0, 0.05) is 4.47 Å². The molecule has 0 N–H and O–H groups in total. The summed E-state index contributed by atoms with van der Waals surface area (Å²) in [5, 5.41) is 0. The highest BCUT2D eigenvalue weighted by Crippen LogP contribution is 2.39. The summed E-state index contributed by atoms with van der Waals surface area (Å²) in [6.45, 7) is 0. The van der Waals surface area contributed by atoms with Crippen molar-refractivity contribution in [3.63, 3.8) is 0 Å². The molecule has 4 heteroatoms. The number of esters is 1. The number of halogens is 1. The molecule has 1 saturated heterocycles. The molecule has 1 fully saturated rings. The van der Waals surface area contributed by atoms with E-state index in [4.69, 9.17) is 4.74 Å². The normalized spacial score (nSPS) is 24.4. The van der Waals surface area contributed by atoms with Gasteiger partial charge in [-0.15, -0.1) is 0 Å². The molecule has 2 rings (SSSR count). The Morgan fingerprint density at radius 1 is 1.43 bits per heavy atom. The fraction of sp³-hybridized carbons (Fsp3) is 0.300. The molecule has 0 aliphatic carbocycles. The summed E-state index contributed by atoms with van der Waals surface area (Å²) in [5.74, 6) is -0.307. The summed E-state index contributed by atoms with van der Waals surface area (Å²) in [7, 11) is 1.36. The van der Waals surface area contributed by atoms with Crippen LogP contribution in [-0.2, 0) is 14.3 Å². The van der Waals surface area contributed by atoms with E-state index in [1.54, 1.807) is 0 Å². The number of ether oxygens (including phenoxy) is 2. The molecule has 3 nitrogen and oxygen atoms in total. The van der Waals surface area contributed by atoms with Gasteiger partial charge in [0.15, 0.2) is 6.10 Å². The van der Waals surface area contributed by atoms with E-state index in [9.17, 15) is 4.79 Å². The highest BCUT2D eigenvalue weighted by Gasteiger charge is 2.47. The maximum absolute atomic E-state index is 11.1. The molecule has 1 aliphatic heterocycles. The molecular formula is C10H9BrO3. The van der Waals surface area contributed by atoms with Crippen LogP contribution in [0, 0.1) is 0 Å². The number of hydrogen-bond acceptors (Lipinski definition) is 3. The van der Waals surface area contributed by atoms with Gasteiger partial charge in [0.2, 0.25) is 0 Å². The van der Waals surface area contributed by atoms with Crippen molar-refractivity contribution >= 4 is 21.9 Å². The molecule has 1 aliphatic rings. The summed E-state index contributed by atoms with van der Waals surface area (Å²) in [6, 6.07) is 7.70. The van der Waals surface area contributed by atoms with E-state index < -0.39 is 6.10 Å². The molecule has 0 spiro atoms. The molecule has 2 unspecified atom stereocenters. The third-order valence-electron chi connectivity index (χ3n) is 2.12. The zero-order chi connectivity index (χ0) is 10.1. The summed E-state index contributed by atoms with van der Waals surface area (Å²) < 4.78 is 10.8. The minimum Gasteiger partial charge on any atom is -0.467 e. The molecule has 1 aromatic carbocycles. The van der Waals surface area contributed by atoms with Crippen LogP contribution in [0.4, 0.5) is 0 Å². The highest BCUT2D eigenvalue weighted by atomic mass is 79.9. The van der Waals surface area contributed by atoms with Gasteiger partial charge in [0.1, 0.15) is 6.10 Å². The van der Waals surface area contributed by atoms with E-state index in [1.165, 1.54) is 7.11 Å². The lowest BCUT2D eigenvalue weighted by molar-refractivity contribution is -0.142. The third-order valence-corrected chi connectivity index (χ3v) is 2.65. The lowest BCUT2D eigenvalue weighted by Gasteiger charge is -1.95. The van der Waals surface area contributed by atoms with Crippen molar-refractivity contribution in [2.75, 3.05) is 7.11 Å². The van der Waals surface area contributed by atoms with Crippen LogP contribution in [0.5, 0.6) is 0 Å². The number of epoxide rings is 1. The van der Waals surface area contributed by atoms with E-state index >= 15 is 0 Å². The molecule has 74 valence electrons. The fourth-order valence-electron chi connectivity index (χ4n) is 1.31. The first-order valence-electron chi connectivity index (χ1n) is 4.21. The van der Waals surface area contributed by atoms with Gasteiger partial charge in [-0.2, -0.15) is 0 Å². The average molecular weight is 257 g/mol. The van der Waals surface area contributed by atoms with Gasteiger partial charge < -0.3 is 9.47 Å². The Bertz CT molecular complexity index is 347. The second kappa shape index (κ2) is 3.71. The summed E-state index contributed by atoms with van der Waals surface area (Å²) in [5.41, 5.74) is 1.00. The van der Waals surface area contributed by atoms with Crippen molar-refractivity contribution in [1.29, 1.82) is 0 Å². The highest BCUT2D eigenvalue weighted by molar-refractivity contribution is 9.10. The van der Waals surface area contributed by atoms with E-state index in [0.717, 1.165) is 10.0 Å². The topological polar surface area (TPSA) is 38.8 Å². The van der Waals surface area contributed by atoms with Crippen LogP contribution in [-0.4, -0.2) is 19.2 Å². The second-order valence-corrected chi connectivity index (χ2v) is 3.97. The smallest absolute Gasteiger partial charge is 0.338 e. The number of carbonyl (C=O) groups excluding carboxylic acids is 1. The van der Waals surface area contributed by atoms with Crippen molar-refractivity contribution in [3.05, 3.63) is 34.3 Å². The van der Waals surface area contributed by atoms with Crippen LogP contribution in [0.25, 0.3) is 0 Å². The molecule has 1 aromatic rings. The summed E-state index contributed by atoms with van der Waals surface area (Å²) >= 11 is 3.34. The molecule has 0 amide bonds. The van der Waals surface area contributed by atoms with Crippen molar-refractivity contribution in [2.45, 2.75) is 12.2 Å². The Morgan fingerprint density at radius 2 is 2.07 bits per heavy atom. The molecule has 2 atom stereocenters. The van der Waals surface area contributed by atoms with Crippen LogP contribution in [0.2, 0.25) is 0 Å². The number of hydrogen-bond donors (Lipinski definition) is 0. The zero-order valence-electron chi connectivity index (χ0n) is 7.57. The minimum absolute atomic E-state index is 0.129. The Morgan fingerprint density at radius 3 is 2.64 bits per heavy atom. The molecule has 14 heavy (non-hydrogen) atoms. The lowest BCUT2D eigenvalue weighted by atomic mass is 10.1. The summed E-state index contributed by atoms with van der Waals surface area (Å²) in [6.07, 6.45) is -0.545. The monoisotopic (exact) mass is 256 g/mol. The predicted molar refractivity (Wildman–Crippen MR) is 53.8 cm³/mol. The number of rotatable bonds is 2. The van der Waals surface area contributed by atoms with E-state index in [1.807, 2.05) is 24.3 Å². The van der Waals surface area contributed by atoms with Crippen molar-refractivity contribution in [2.24, 2.45) is 0 Å². The van der Waals surface area contributed by atoms with Gasteiger partial charge in [-0.25, -0.2) is 4.79 Å². The molecule has 0 radical (unpaired) electrons. The molecule has 0 aromatic heterocycles. The third kappa shape index (κ3) is 1.81. The van der Waals surface area contributed by atoms with Crippen LogP contribution in [0.1, 0.15) is 11.7 Å². The fourth-order valence-corrected chi connectivity index (χ4v) is 1.58. The summed E-state index contributed by atoms with van der Waals surface area (Å²) in [4.78, 5) is 11.1. The van der Waals surface area contributed by atoms with Crippen molar-refractivity contribution in [1.82, 2.24) is 0 Å². The van der Waals surface area contributed by atoms with Crippen LogP contribution in [0.3, 0.4) is 0 Å². The zero-order valence-corrected chi connectivity index (χ0v) is 9.15. The molecule has 0 saturated carbocycles. The van der Waals surface area contributed by atoms with Gasteiger partial charge in [0.25, 0.3) is 0 Å². The first-order valence-corrected chi connectivity index (χ1v) is 5.00. The predicted octanol–water partition coefficient (Wildman–Crippen LogP) is 2.06.